The van der Waals surface area contributed by atoms with Crippen LogP contribution in [0.4, 0.5) is 5.69 Å². The zero-order chi connectivity index (χ0) is 15.5. The highest BCUT2D eigenvalue weighted by Crippen LogP contribution is 2.24. The first kappa shape index (κ1) is 16.5. The van der Waals surface area contributed by atoms with Crippen molar-refractivity contribution in [2.45, 2.75) is 31.7 Å². The topological polar surface area (TPSA) is 89.7 Å². The van der Waals surface area contributed by atoms with Gasteiger partial charge in [-0.15, -0.1) is 0 Å². The Morgan fingerprint density at radius 2 is 2.00 bits per heavy atom. The van der Waals surface area contributed by atoms with Crippen LogP contribution in [0.2, 0.25) is 0 Å². The number of hydrogen-bond acceptors (Lipinski definition) is 5. The van der Waals surface area contributed by atoms with Crippen LogP contribution in [0.25, 0.3) is 0 Å². The van der Waals surface area contributed by atoms with Crippen molar-refractivity contribution in [2.24, 2.45) is 0 Å². The summed E-state index contributed by atoms with van der Waals surface area (Å²) in [4.78, 5) is 11.7. The van der Waals surface area contributed by atoms with E-state index in [9.17, 15) is 13.2 Å². The molecule has 6 nitrogen and oxygen atoms in total. The molecule has 0 spiro atoms. The van der Waals surface area contributed by atoms with E-state index in [-0.39, 0.29) is 16.5 Å². The average Bonchev–Trinajstić information content (AvgIpc) is 2.37. The molecule has 0 aliphatic heterocycles. The molecule has 0 fully saturated rings. The number of nitrogens with zero attached hydrogens (tertiary/aromatic N) is 1. The molecule has 0 heterocycles. The molecule has 0 unspecified atom stereocenters. The van der Waals surface area contributed by atoms with Crippen LogP contribution < -0.4 is 5.73 Å². The fourth-order valence-corrected chi connectivity index (χ4v) is 3.79. The Labute approximate surface area is 119 Å². The molecule has 0 atom stereocenters. The monoisotopic (exact) mass is 300 g/mol. The lowest BCUT2D eigenvalue weighted by Gasteiger charge is -2.25. The predicted octanol–water partition coefficient (Wildman–Crippen LogP) is 1.47. The molecule has 20 heavy (non-hydrogen) atoms. The second-order valence-electron chi connectivity index (χ2n) is 4.55. The van der Waals surface area contributed by atoms with Gasteiger partial charge in [-0.05, 0) is 32.0 Å². The summed E-state index contributed by atoms with van der Waals surface area (Å²) in [6.45, 7) is 5.60. The van der Waals surface area contributed by atoms with Gasteiger partial charge in [0, 0.05) is 18.3 Å². The van der Waals surface area contributed by atoms with Gasteiger partial charge in [0.1, 0.15) is 0 Å². The Bertz CT molecular complexity index is 596. The summed E-state index contributed by atoms with van der Waals surface area (Å²) >= 11 is 0. The molecule has 0 amide bonds. The highest BCUT2D eigenvalue weighted by molar-refractivity contribution is 7.89. The summed E-state index contributed by atoms with van der Waals surface area (Å²) in [7, 11) is -2.58. The summed E-state index contributed by atoms with van der Waals surface area (Å²) < 4.78 is 31.2. The van der Waals surface area contributed by atoms with Crippen molar-refractivity contribution in [3.05, 3.63) is 23.8 Å². The van der Waals surface area contributed by atoms with Crippen molar-refractivity contribution in [3.63, 3.8) is 0 Å². The highest BCUT2D eigenvalue weighted by atomic mass is 32.2. The Kier molecular flexibility index (Phi) is 5.13. The van der Waals surface area contributed by atoms with Crippen LogP contribution in [0.5, 0.6) is 0 Å². The zero-order valence-corrected chi connectivity index (χ0v) is 12.9. The number of anilines is 1. The maximum absolute atomic E-state index is 12.6. The number of carbonyl (C=O) groups is 1. The number of carbonyl (C=O) groups excluding carboxylic acids is 1. The molecule has 0 saturated carbocycles. The smallest absolute Gasteiger partial charge is 0.339 e. The summed E-state index contributed by atoms with van der Waals surface area (Å²) in [6, 6.07) is 3.88. The SMILES string of the molecule is CCN(C(C)C)S(=O)(=O)c1ccc(N)cc1C(=O)OC. The Hall–Kier alpha value is -1.60. The fraction of sp³-hybridized carbons (Fsp3) is 0.462. The Balaban J connectivity index is 3.49. The summed E-state index contributed by atoms with van der Waals surface area (Å²) in [5.74, 6) is -0.726. The number of sulfonamides is 1. The van der Waals surface area contributed by atoms with Gasteiger partial charge in [-0.3, -0.25) is 0 Å². The molecule has 112 valence electrons. The van der Waals surface area contributed by atoms with E-state index in [4.69, 9.17) is 5.73 Å². The lowest BCUT2D eigenvalue weighted by Crippen LogP contribution is -2.37. The molecular weight excluding hydrogens is 280 g/mol. The van der Waals surface area contributed by atoms with Crippen molar-refractivity contribution in [3.8, 4) is 0 Å². The number of benzene rings is 1. The van der Waals surface area contributed by atoms with Gasteiger partial charge in [-0.25, -0.2) is 13.2 Å². The van der Waals surface area contributed by atoms with Crippen molar-refractivity contribution in [1.29, 1.82) is 0 Å². The minimum Gasteiger partial charge on any atom is -0.465 e. The van der Waals surface area contributed by atoms with Crippen molar-refractivity contribution >= 4 is 21.7 Å². The Morgan fingerprint density at radius 1 is 1.40 bits per heavy atom. The molecule has 0 aliphatic carbocycles. The summed E-state index contributed by atoms with van der Waals surface area (Å²) in [6.07, 6.45) is 0. The minimum absolute atomic E-state index is 0.0494. The van der Waals surface area contributed by atoms with Gasteiger partial charge in [-0.1, -0.05) is 6.92 Å². The van der Waals surface area contributed by atoms with Crippen LogP contribution in [0.3, 0.4) is 0 Å². The first-order valence-corrected chi connectivity index (χ1v) is 7.69. The third kappa shape index (κ3) is 3.10. The molecule has 1 aromatic carbocycles. The van der Waals surface area contributed by atoms with Gasteiger partial charge in [0.15, 0.2) is 0 Å². The number of nitrogens with two attached hydrogens (primary N) is 1. The van der Waals surface area contributed by atoms with E-state index in [2.05, 4.69) is 4.74 Å². The third-order valence-corrected chi connectivity index (χ3v) is 5.09. The van der Waals surface area contributed by atoms with Crippen LogP contribution >= 0.6 is 0 Å². The van der Waals surface area contributed by atoms with Crippen LogP contribution in [-0.4, -0.2) is 38.4 Å². The molecule has 0 aliphatic rings. The summed E-state index contributed by atoms with van der Waals surface area (Å²) in [5.41, 5.74) is 5.87. The van der Waals surface area contributed by atoms with Gasteiger partial charge in [0.25, 0.3) is 0 Å². The Morgan fingerprint density at radius 3 is 2.45 bits per heavy atom. The third-order valence-electron chi connectivity index (χ3n) is 2.88. The lowest BCUT2D eigenvalue weighted by atomic mass is 10.2. The molecule has 0 saturated heterocycles. The number of ether oxygens (including phenoxy) is 1. The van der Waals surface area contributed by atoms with Gasteiger partial charge < -0.3 is 10.5 Å². The fourth-order valence-electron chi connectivity index (χ4n) is 1.98. The molecule has 1 aromatic rings. The standard InChI is InChI=1S/C13H20N2O4S/c1-5-15(9(2)3)20(17,18)12-7-6-10(14)8-11(12)13(16)19-4/h6-9H,5,14H2,1-4H3. The van der Waals surface area contributed by atoms with E-state index in [1.165, 1.54) is 29.6 Å². The van der Waals surface area contributed by atoms with Gasteiger partial charge in [0.05, 0.1) is 17.6 Å². The summed E-state index contributed by atoms with van der Waals surface area (Å²) in [5, 5.41) is 0. The molecule has 0 aromatic heterocycles. The van der Waals surface area contributed by atoms with E-state index in [1.807, 2.05) is 0 Å². The molecule has 0 bridgehead atoms. The van der Waals surface area contributed by atoms with Crippen LogP contribution in [-0.2, 0) is 14.8 Å². The maximum Gasteiger partial charge on any atom is 0.339 e. The lowest BCUT2D eigenvalue weighted by molar-refractivity contribution is 0.0596. The second kappa shape index (κ2) is 6.23. The van der Waals surface area contributed by atoms with E-state index in [0.717, 1.165) is 0 Å². The molecule has 0 radical (unpaired) electrons. The van der Waals surface area contributed by atoms with E-state index < -0.39 is 16.0 Å². The van der Waals surface area contributed by atoms with Crippen LogP contribution in [0, 0.1) is 0 Å². The maximum atomic E-state index is 12.6. The average molecular weight is 300 g/mol. The molecule has 7 heteroatoms. The number of hydrogen-bond donors (Lipinski definition) is 1. The molecule has 2 N–H and O–H groups in total. The van der Waals surface area contributed by atoms with Gasteiger partial charge >= 0.3 is 5.97 Å². The van der Waals surface area contributed by atoms with Crippen LogP contribution in [0.1, 0.15) is 31.1 Å². The van der Waals surface area contributed by atoms with E-state index >= 15 is 0 Å². The number of nitrogen functional groups attached to an aromatic ring is 1. The predicted molar refractivity (Wildman–Crippen MR) is 76.9 cm³/mol. The number of rotatable bonds is 5. The normalized spacial score (nSPS) is 11.9. The van der Waals surface area contributed by atoms with Gasteiger partial charge in [0.2, 0.25) is 10.0 Å². The van der Waals surface area contributed by atoms with Crippen LogP contribution in [0.15, 0.2) is 23.1 Å². The number of esters is 1. The molecular formula is C13H20N2O4S. The largest absolute Gasteiger partial charge is 0.465 e. The van der Waals surface area contributed by atoms with E-state index in [0.29, 0.717) is 12.2 Å². The molecule has 1 rings (SSSR count). The first-order chi connectivity index (χ1) is 9.25. The minimum atomic E-state index is -3.78. The van der Waals surface area contributed by atoms with Crippen molar-refractivity contribution in [1.82, 2.24) is 4.31 Å². The van der Waals surface area contributed by atoms with E-state index in [1.54, 1.807) is 20.8 Å². The quantitative estimate of drug-likeness (QED) is 0.657. The van der Waals surface area contributed by atoms with Crippen molar-refractivity contribution in [2.75, 3.05) is 19.4 Å². The second-order valence-corrected chi connectivity index (χ2v) is 6.41. The number of methoxy groups -OCH3 is 1. The van der Waals surface area contributed by atoms with Crippen molar-refractivity contribution < 1.29 is 17.9 Å². The van der Waals surface area contributed by atoms with Gasteiger partial charge in [-0.2, -0.15) is 4.31 Å². The zero-order valence-electron chi connectivity index (χ0n) is 12.1. The highest BCUT2D eigenvalue weighted by Gasteiger charge is 2.30. The first-order valence-electron chi connectivity index (χ1n) is 6.25.